The van der Waals surface area contributed by atoms with Crippen molar-refractivity contribution in [2.75, 3.05) is 26.7 Å². The highest BCUT2D eigenvalue weighted by Crippen LogP contribution is 2.71. The fraction of sp³-hybridized carbons (Fsp3) is 0.615. The Labute approximate surface area is 297 Å². The van der Waals surface area contributed by atoms with Gasteiger partial charge in [-0.2, -0.15) is 0 Å². The number of aliphatic imine (C=N–C) groups is 1. The molecule has 8 nitrogen and oxygen atoms in total. The van der Waals surface area contributed by atoms with E-state index < -0.39 is 0 Å². The Kier molecular flexibility index (Phi) is 17.7. The largest absolute Gasteiger partial charge is 0.477 e. The van der Waals surface area contributed by atoms with Crippen molar-refractivity contribution in [2.45, 2.75) is 117 Å². The van der Waals surface area contributed by atoms with Crippen molar-refractivity contribution < 1.29 is 4.74 Å². The number of hydrogen-bond acceptors (Lipinski definition) is 9. The fourth-order valence-corrected chi connectivity index (χ4v) is 7.08. The number of aryl methyl sites for hydroxylation is 1. The number of nitrogens with zero attached hydrogens (tertiary/aromatic N) is 4. The number of nitrogens with two attached hydrogens (primary N) is 1. The Bertz CT molecular complexity index is 1270. The summed E-state index contributed by atoms with van der Waals surface area (Å²) in [6.45, 7) is 23.5. The first-order valence-corrected chi connectivity index (χ1v) is 18.9. The van der Waals surface area contributed by atoms with Crippen LogP contribution < -0.4 is 15.9 Å². The fourth-order valence-electron chi connectivity index (χ4n) is 6.54. The second-order valence-corrected chi connectivity index (χ2v) is 14.4. The topological polar surface area (TPSA) is 100 Å². The zero-order chi connectivity index (χ0) is 35.6. The van der Waals surface area contributed by atoms with Gasteiger partial charge in [-0.25, -0.2) is 4.98 Å². The lowest BCUT2D eigenvalue weighted by Gasteiger charge is -2.35. The molecule has 1 saturated heterocycles. The Morgan fingerprint density at radius 1 is 1.12 bits per heavy atom. The molecule has 4 aliphatic rings. The number of hydrogen-bond donors (Lipinski definition) is 3. The van der Waals surface area contributed by atoms with E-state index in [-0.39, 0.29) is 5.54 Å². The Morgan fingerprint density at radius 3 is 2.46 bits per heavy atom. The van der Waals surface area contributed by atoms with Crippen molar-refractivity contribution in [2.24, 2.45) is 32.6 Å². The summed E-state index contributed by atoms with van der Waals surface area (Å²) in [5, 5.41) is 5.72. The molecule has 2 saturated carbocycles. The lowest BCUT2D eigenvalue weighted by atomic mass is 9.85. The summed E-state index contributed by atoms with van der Waals surface area (Å²) in [5.41, 5.74) is 12.2. The first-order valence-electron chi connectivity index (χ1n) is 18.1. The number of allylic oxidation sites excluding steroid dienone is 4. The van der Waals surface area contributed by atoms with Crippen LogP contribution in [-0.2, 0) is 4.74 Å². The summed E-state index contributed by atoms with van der Waals surface area (Å²) < 4.78 is 9.15. The normalized spacial score (nSPS) is 25.7. The number of hydrazone groups is 1. The second-order valence-electron chi connectivity index (χ2n) is 13.3. The van der Waals surface area contributed by atoms with Crippen LogP contribution in [0.25, 0.3) is 0 Å². The Hall–Kier alpha value is -2.88. The minimum Gasteiger partial charge on any atom is -0.477 e. The van der Waals surface area contributed by atoms with E-state index in [9.17, 15) is 0 Å². The molecular formula is C39H65N7OS. The summed E-state index contributed by atoms with van der Waals surface area (Å²) in [6.07, 6.45) is 21.1. The SMILES string of the molecule is C=CC1=C(\N2CC(CCCN)CC2(C)C)N\N=C(OCCC2(C3(C)CC3)CC2)/C=C\N=C/C=C\1.CC.CC.CNSc1cccc(C)n1. The van der Waals surface area contributed by atoms with Crippen LogP contribution in [0, 0.1) is 23.7 Å². The first kappa shape index (κ1) is 41.3. The predicted octanol–water partition coefficient (Wildman–Crippen LogP) is 8.94. The van der Waals surface area contributed by atoms with Crippen molar-refractivity contribution in [1.82, 2.24) is 20.0 Å². The zero-order valence-electron chi connectivity index (χ0n) is 31.4. The molecule has 0 aromatic carbocycles. The summed E-state index contributed by atoms with van der Waals surface area (Å²) in [7, 11) is 1.88. The van der Waals surface area contributed by atoms with Gasteiger partial charge < -0.3 is 15.4 Å². The second kappa shape index (κ2) is 20.6. The monoisotopic (exact) mass is 679 g/mol. The van der Waals surface area contributed by atoms with Crippen molar-refractivity contribution in [3.05, 3.63) is 72.4 Å². The third-order valence-corrected chi connectivity index (χ3v) is 10.2. The van der Waals surface area contributed by atoms with Crippen LogP contribution in [0.2, 0.25) is 0 Å². The molecule has 5 rings (SSSR count). The molecule has 0 spiro atoms. The molecule has 1 aromatic heterocycles. The lowest BCUT2D eigenvalue weighted by molar-refractivity contribution is 0.201. The van der Waals surface area contributed by atoms with E-state index in [1.165, 1.54) is 37.6 Å². The molecule has 1 aromatic rings. The molecule has 48 heavy (non-hydrogen) atoms. The maximum absolute atomic E-state index is 6.19. The maximum atomic E-state index is 6.19. The number of nitrogens with one attached hydrogen (secondary N) is 2. The predicted molar refractivity (Wildman–Crippen MR) is 208 cm³/mol. The van der Waals surface area contributed by atoms with Gasteiger partial charge in [0.1, 0.15) is 10.8 Å². The highest BCUT2D eigenvalue weighted by molar-refractivity contribution is 7.97. The van der Waals surface area contributed by atoms with E-state index in [1.54, 1.807) is 12.4 Å². The van der Waals surface area contributed by atoms with Gasteiger partial charge in [-0.05, 0) is 139 Å². The van der Waals surface area contributed by atoms with E-state index in [4.69, 9.17) is 15.6 Å². The van der Waals surface area contributed by atoms with Gasteiger partial charge >= 0.3 is 0 Å². The minimum atomic E-state index is 0.00239. The summed E-state index contributed by atoms with van der Waals surface area (Å²) in [6, 6.07) is 5.97. The number of aromatic nitrogens is 1. The average molecular weight is 680 g/mol. The standard InChI is InChI=1S/C28H43N5O.C7H10N2S.2C2H6/c1-5-23-9-7-17-30-18-10-24(34-19-15-28(13-14-28)27(4)11-12-27)31-32-25(23)33-21-22(8-6-16-29)20-26(33,2)3;1-6-4-3-5-7(9-6)10-8-2;2*1-2/h5,7,9-10,17-18,22,32H,1,6,8,11-16,19-21,29H2,2-4H3;3-5,8H,1-2H3;2*1-2H3/b9-7-,18-10-,25-23+,30-17-,31-24+;;;. The van der Waals surface area contributed by atoms with Gasteiger partial charge in [-0.1, -0.05) is 53.3 Å². The molecule has 1 atom stereocenters. The Balaban J connectivity index is 0.000000482. The van der Waals surface area contributed by atoms with Gasteiger partial charge in [-0.15, -0.1) is 5.10 Å². The number of rotatable bonds is 11. The first-order chi connectivity index (χ1) is 23.1. The maximum Gasteiger partial charge on any atom is 0.232 e. The summed E-state index contributed by atoms with van der Waals surface area (Å²) >= 11 is 1.53. The van der Waals surface area contributed by atoms with Gasteiger partial charge in [0.25, 0.3) is 0 Å². The molecule has 0 bridgehead atoms. The number of likely N-dealkylation sites (tertiary alicyclic amines) is 1. The smallest absolute Gasteiger partial charge is 0.232 e. The molecule has 4 N–H and O–H groups in total. The molecule has 268 valence electrons. The van der Waals surface area contributed by atoms with Gasteiger partial charge in [0.05, 0.1) is 6.61 Å². The average Bonchev–Trinajstić information content (AvgIpc) is 4.01. The summed E-state index contributed by atoms with van der Waals surface area (Å²) in [5.74, 6) is 2.13. The zero-order valence-corrected chi connectivity index (χ0v) is 32.3. The van der Waals surface area contributed by atoms with Crippen molar-refractivity contribution in [1.29, 1.82) is 0 Å². The van der Waals surface area contributed by atoms with Crippen LogP contribution >= 0.6 is 11.9 Å². The van der Waals surface area contributed by atoms with Crippen molar-refractivity contribution in [3.8, 4) is 0 Å². The van der Waals surface area contributed by atoms with E-state index in [0.717, 1.165) is 60.9 Å². The van der Waals surface area contributed by atoms with E-state index in [0.29, 0.717) is 29.3 Å². The van der Waals surface area contributed by atoms with Crippen LogP contribution in [0.15, 0.2) is 81.8 Å². The van der Waals surface area contributed by atoms with Gasteiger partial charge in [0.2, 0.25) is 5.90 Å². The third-order valence-electron chi connectivity index (χ3n) is 9.60. The van der Waals surface area contributed by atoms with Crippen LogP contribution in [0.1, 0.15) is 106 Å². The minimum absolute atomic E-state index is 0.00239. The number of ether oxygens (including phenoxy) is 1. The van der Waals surface area contributed by atoms with Crippen LogP contribution in [0.4, 0.5) is 0 Å². The quantitative estimate of drug-likeness (QED) is 0.201. The molecular weight excluding hydrogens is 615 g/mol. The molecule has 3 heterocycles. The van der Waals surface area contributed by atoms with Gasteiger partial charge in [-0.3, -0.25) is 15.1 Å². The highest BCUT2D eigenvalue weighted by atomic mass is 32.2. The Morgan fingerprint density at radius 2 is 1.85 bits per heavy atom. The molecule has 0 amide bonds. The van der Waals surface area contributed by atoms with E-state index >= 15 is 0 Å². The van der Waals surface area contributed by atoms with E-state index in [2.05, 4.69) is 52.4 Å². The highest BCUT2D eigenvalue weighted by Gasteiger charge is 2.61. The molecule has 2 aliphatic carbocycles. The molecule has 2 aliphatic heterocycles. The van der Waals surface area contributed by atoms with Crippen LogP contribution in [0.5, 0.6) is 0 Å². The third kappa shape index (κ3) is 12.2. The van der Waals surface area contributed by atoms with Crippen molar-refractivity contribution in [3.63, 3.8) is 0 Å². The molecule has 0 radical (unpaired) electrons. The van der Waals surface area contributed by atoms with Crippen LogP contribution in [-0.4, -0.2) is 54.3 Å². The van der Waals surface area contributed by atoms with Gasteiger partial charge in [0, 0.05) is 41.8 Å². The molecule has 3 fully saturated rings. The lowest BCUT2D eigenvalue weighted by Crippen LogP contribution is -2.41. The van der Waals surface area contributed by atoms with Crippen molar-refractivity contribution >= 4 is 24.1 Å². The van der Waals surface area contributed by atoms with Gasteiger partial charge in [0.15, 0.2) is 0 Å². The van der Waals surface area contributed by atoms with Crippen LogP contribution in [0.3, 0.4) is 0 Å². The number of pyridine rings is 1. The molecule has 1 unspecified atom stereocenters. The molecule has 9 heteroatoms. The summed E-state index contributed by atoms with van der Waals surface area (Å²) in [4.78, 5) is 11.0. The van der Waals surface area contributed by atoms with E-state index in [1.807, 2.05) is 84.2 Å².